The molecule has 0 saturated heterocycles. The van der Waals surface area contributed by atoms with E-state index < -0.39 is 17.7 Å². The number of fused-ring (bicyclic) bond motifs is 1. The minimum Gasteiger partial charge on any atom is -0.415 e. The molecule has 2 amide bonds. The van der Waals surface area contributed by atoms with E-state index >= 15 is 0 Å². The molecule has 2 aromatic heterocycles. The minimum absolute atomic E-state index is 0.0131. The van der Waals surface area contributed by atoms with Gasteiger partial charge in [-0.25, -0.2) is 0 Å². The average Bonchev–Trinajstić information content (AvgIpc) is 3.21. The summed E-state index contributed by atoms with van der Waals surface area (Å²) in [6.45, 7) is 5.48. The second-order valence-electron chi connectivity index (χ2n) is 7.65. The summed E-state index contributed by atoms with van der Waals surface area (Å²) in [5, 5.41) is 6.85. The maximum atomic E-state index is 13.1. The lowest BCUT2D eigenvalue weighted by molar-refractivity contribution is -0.134. The normalized spacial score (nSPS) is 15.6. The van der Waals surface area contributed by atoms with Crippen LogP contribution in [0.15, 0.2) is 40.9 Å². The molecule has 1 aliphatic rings. The van der Waals surface area contributed by atoms with Crippen LogP contribution >= 0.6 is 0 Å². The van der Waals surface area contributed by atoms with E-state index in [2.05, 4.69) is 15.2 Å². The Morgan fingerprint density at radius 1 is 1.13 bits per heavy atom. The van der Waals surface area contributed by atoms with Crippen molar-refractivity contribution in [3.05, 3.63) is 64.8 Å². The van der Waals surface area contributed by atoms with Gasteiger partial charge in [-0.3, -0.25) is 19.5 Å². The predicted octanol–water partition coefficient (Wildman–Crippen LogP) is 3.84. The van der Waals surface area contributed by atoms with Gasteiger partial charge in [0.2, 0.25) is 11.8 Å². The number of nitrogens with zero attached hydrogens (tertiary/aromatic N) is 4. The molecule has 9 heteroatoms. The van der Waals surface area contributed by atoms with Crippen LogP contribution in [-0.4, -0.2) is 31.9 Å². The van der Waals surface area contributed by atoms with Crippen LogP contribution in [0, 0.1) is 6.92 Å². The van der Waals surface area contributed by atoms with Crippen LogP contribution in [0.2, 0.25) is 0 Å². The highest BCUT2D eigenvalue weighted by Gasteiger charge is 2.44. The summed E-state index contributed by atoms with van der Waals surface area (Å²) in [4.78, 5) is 31.4. The summed E-state index contributed by atoms with van der Waals surface area (Å²) in [7, 11) is 0. The van der Waals surface area contributed by atoms with E-state index in [1.54, 1.807) is 32.0 Å². The van der Waals surface area contributed by atoms with Crippen molar-refractivity contribution >= 4 is 11.8 Å². The number of hydrogen-bond acceptors (Lipinski definition) is 6. The fourth-order valence-electron chi connectivity index (χ4n) is 3.44. The van der Waals surface area contributed by atoms with Crippen molar-refractivity contribution in [1.82, 2.24) is 20.1 Å². The lowest BCUT2D eigenvalue weighted by Gasteiger charge is -2.37. The second-order valence-corrected chi connectivity index (χ2v) is 7.65. The fraction of sp³-hybridized carbons (Fsp3) is 0.286. The molecular formula is C21H18F2N4O3. The lowest BCUT2D eigenvalue weighted by atomic mass is 9.76. The predicted molar refractivity (Wildman–Crippen MR) is 102 cm³/mol. The number of amides is 2. The highest BCUT2D eigenvalue weighted by Crippen LogP contribution is 2.35. The number of aryl methyl sites for hydroxylation is 1. The summed E-state index contributed by atoms with van der Waals surface area (Å²) in [6.07, 6.45) is -1.48. The third kappa shape index (κ3) is 3.26. The zero-order valence-electron chi connectivity index (χ0n) is 16.5. The summed E-state index contributed by atoms with van der Waals surface area (Å²) < 4.78 is 30.1. The van der Waals surface area contributed by atoms with Crippen LogP contribution in [0.25, 0.3) is 11.5 Å². The molecule has 0 aliphatic carbocycles. The topological polar surface area (TPSA) is 89.2 Å². The highest BCUT2D eigenvalue weighted by molar-refractivity contribution is 6.12. The average molecular weight is 412 g/mol. The van der Waals surface area contributed by atoms with Gasteiger partial charge in [0, 0.05) is 11.8 Å². The number of imide groups is 1. The van der Waals surface area contributed by atoms with Crippen LogP contribution in [0.5, 0.6) is 0 Å². The van der Waals surface area contributed by atoms with Crippen LogP contribution in [0.1, 0.15) is 53.3 Å². The van der Waals surface area contributed by atoms with Gasteiger partial charge in [-0.1, -0.05) is 17.7 Å². The summed E-state index contributed by atoms with van der Waals surface area (Å²) in [6, 6.07) is 8.59. The molecule has 0 spiro atoms. The first kappa shape index (κ1) is 19.8. The molecule has 0 unspecified atom stereocenters. The lowest BCUT2D eigenvalue weighted by Crippen LogP contribution is -2.51. The van der Waals surface area contributed by atoms with E-state index in [-0.39, 0.29) is 24.2 Å². The molecule has 4 rings (SSSR count). The third-order valence-electron chi connectivity index (χ3n) is 5.12. The van der Waals surface area contributed by atoms with Gasteiger partial charge >= 0.3 is 6.43 Å². The highest BCUT2D eigenvalue weighted by atomic mass is 19.3. The minimum atomic E-state index is -2.86. The number of alkyl halides is 2. The molecule has 3 aromatic rings. The monoisotopic (exact) mass is 412 g/mol. The van der Waals surface area contributed by atoms with Gasteiger partial charge in [0.25, 0.3) is 11.8 Å². The Morgan fingerprint density at radius 3 is 2.53 bits per heavy atom. The zero-order chi connectivity index (χ0) is 21.6. The van der Waals surface area contributed by atoms with Gasteiger partial charge < -0.3 is 4.42 Å². The number of halogens is 2. The Bertz CT molecular complexity index is 1140. The Hall–Kier alpha value is -3.49. The number of aromatic nitrogens is 3. The molecule has 154 valence electrons. The van der Waals surface area contributed by atoms with Gasteiger partial charge in [-0.2, -0.15) is 8.78 Å². The van der Waals surface area contributed by atoms with E-state index in [1.165, 1.54) is 11.1 Å². The summed E-state index contributed by atoms with van der Waals surface area (Å²) in [5.41, 5.74) is 2.14. The summed E-state index contributed by atoms with van der Waals surface area (Å²) in [5.74, 6) is -1.54. The quantitative estimate of drug-likeness (QED) is 0.605. The molecular weight excluding hydrogens is 394 g/mol. The van der Waals surface area contributed by atoms with Crippen molar-refractivity contribution in [2.24, 2.45) is 0 Å². The first-order chi connectivity index (χ1) is 14.2. The first-order valence-electron chi connectivity index (χ1n) is 9.23. The van der Waals surface area contributed by atoms with E-state index in [0.717, 1.165) is 5.56 Å². The van der Waals surface area contributed by atoms with Crippen molar-refractivity contribution < 1.29 is 22.8 Å². The molecule has 0 N–H and O–H groups in total. The van der Waals surface area contributed by atoms with Crippen LogP contribution in [-0.2, 0) is 16.8 Å². The van der Waals surface area contributed by atoms with Crippen molar-refractivity contribution in [2.75, 3.05) is 0 Å². The molecule has 30 heavy (non-hydrogen) atoms. The fourth-order valence-corrected chi connectivity index (χ4v) is 3.44. The van der Waals surface area contributed by atoms with E-state index in [1.807, 2.05) is 19.1 Å². The van der Waals surface area contributed by atoms with Gasteiger partial charge in [-0.05, 0) is 44.5 Å². The van der Waals surface area contributed by atoms with Crippen LogP contribution in [0.4, 0.5) is 8.78 Å². The van der Waals surface area contributed by atoms with Gasteiger partial charge in [-0.15, -0.1) is 10.2 Å². The maximum Gasteiger partial charge on any atom is 0.314 e. The number of carbonyl (C=O) groups is 2. The molecule has 1 aliphatic heterocycles. The molecule has 0 radical (unpaired) electrons. The maximum absolute atomic E-state index is 13.1. The standard InChI is InChI=1S/C21H18F2N4O3/c1-11-4-7-14-15(8-11)21(2,3)20(29)27(19(14)28)10-13-6-5-12(9-24-13)17-25-26-18(30-17)16(22)23/h4-9,16H,10H2,1-3H3. The Kier molecular flexibility index (Phi) is 4.68. The van der Waals surface area contributed by atoms with Crippen molar-refractivity contribution in [3.8, 4) is 11.5 Å². The molecule has 0 saturated carbocycles. The van der Waals surface area contributed by atoms with Crippen molar-refractivity contribution in [2.45, 2.75) is 39.2 Å². The van der Waals surface area contributed by atoms with Crippen molar-refractivity contribution in [3.63, 3.8) is 0 Å². The number of hydrogen-bond donors (Lipinski definition) is 0. The molecule has 7 nitrogen and oxygen atoms in total. The third-order valence-corrected chi connectivity index (χ3v) is 5.12. The van der Waals surface area contributed by atoms with Crippen molar-refractivity contribution in [1.29, 1.82) is 0 Å². The van der Waals surface area contributed by atoms with Gasteiger partial charge in [0.05, 0.1) is 23.2 Å². The Labute approximate surface area is 170 Å². The zero-order valence-corrected chi connectivity index (χ0v) is 16.5. The molecule has 1 aromatic carbocycles. The molecule has 0 bridgehead atoms. The van der Waals surface area contributed by atoms with E-state index in [4.69, 9.17) is 4.42 Å². The molecule has 3 heterocycles. The van der Waals surface area contributed by atoms with Gasteiger partial charge in [0.15, 0.2) is 0 Å². The summed E-state index contributed by atoms with van der Waals surface area (Å²) >= 11 is 0. The Balaban J connectivity index is 1.60. The number of rotatable bonds is 4. The van der Waals surface area contributed by atoms with Gasteiger partial charge in [0.1, 0.15) is 0 Å². The SMILES string of the molecule is Cc1ccc2c(c1)C(C)(C)C(=O)N(Cc1ccc(-c3nnc(C(F)F)o3)cn1)C2=O. The van der Waals surface area contributed by atoms with Crippen LogP contribution < -0.4 is 0 Å². The number of benzene rings is 1. The Morgan fingerprint density at radius 2 is 1.90 bits per heavy atom. The first-order valence-corrected chi connectivity index (χ1v) is 9.23. The second kappa shape index (κ2) is 7.08. The smallest absolute Gasteiger partial charge is 0.314 e. The molecule has 0 atom stereocenters. The van der Waals surface area contributed by atoms with E-state index in [9.17, 15) is 18.4 Å². The number of pyridine rings is 1. The van der Waals surface area contributed by atoms with Crippen LogP contribution in [0.3, 0.4) is 0 Å². The van der Waals surface area contributed by atoms with E-state index in [0.29, 0.717) is 22.4 Å². The largest absolute Gasteiger partial charge is 0.415 e. The number of carbonyl (C=O) groups excluding carboxylic acids is 2. The molecule has 0 fully saturated rings.